The number of benzene rings is 1. The molecule has 0 spiro atoms. The fourth-order valence-electron chi connectivity index (χ4n) is 3.86. The third kappa shape index (κ3) is 6.53. The normalized spacial score (nSPS) is 16.7. The summed E-state index contributed by atoms with van der Waals surface area (Å²) in [6, 6.07) is 12.3. The Bertz CT molecular complexity index is 916. The molecule has 7 nitrogen and oxygen atoms in total. The molecular weight excluding hydrogens is 402 g/mol. The van der Waals surface area contributed by atoms with Gasteiger partial charge in [-0.25, -0.2) is 4.99 Å². The zero-order chi connectivity index (χ0) is 22.9. The number of aromatic nitrogens is 1. The number of hydrogen-bond donors (Lipinski definition) is 1. The van der Waals surface area contributed by atoms with Crippen LogP contribution in [0, 0.1) is 13.8 Å². The number of guanidine groups is 1. The van der Waals surface area contributed by atoms with Gasteiger partial charge in [-0.2, -0.15) is 0 Å². The van der Waals surface area contributed by atoms with Crippen LogP contribution in [0.5, 0.6) is 0 Å². The molecule has 0 saturated carbocycles. The van der Waals surface area contributed by atoms with Crippen molar-refractivity contribution in [2.75, 3.05) is 46.4 Å². The predicted octanol–water partition coefficient (Wildman–Crippen LogP) is 2.74. The number of hydrogen-bond acceptors (Lipinski definition) is 4. The van der Waals surface area contributed by atoms with Gasteiger partial charge < -0.3 is 19.9 Å². The molecule has 172 valence electrons. The number of nitrogens with one attached hydrogen (secondary N) is 1. The number of aliphatic imine (C=N–C) groups is 1. The Hall–Kier alpha value is -2.93. The standard InChI is InChI=1S/C25H35N5O2/c1-5-26-25(28-17-24(31)29(4)13-11-21-8-6-7-12-27-21)30-14-15-32-23(18-30)22-10-9-19(2)16-20(22)3/h6-10,12,16,23H,5,11,13-15,17-18H2,1-4H3,(H,26,28). The number of aryl methyl sites for hydroxylation is 2. The molecule has 0 bridgehead atoms. The molecule has 1 fully saturated rings. The van der Waals surface area contributed by atoms with E-state index in [-0.39, 0.29) is 18.6 Å². The molecule has 3 rings (SSSR count). The first-order valence-electron chi connectivity index (χ1n) is 11.3. The van der Waals surface area contributed by atoms with Crippen molar-refractivity contribution in [2.45, 2.75) is 33.3 Å². The van der Waals surface area contributed by atoms with Crippen LogP contribution < -0.4 is 5.32 Å². The fourth-order valence-corrected chi connectivity index (χ4v) is 3.86. The molecule has 1 amide bonds. The molecular formula is C25H35N5O2. The molecule has 1 aromatic heterocycles. The van der Waals surface area contributed by atoms with Crippen LogP contribution in [0.25, 0.3) is 0 Å². The molecule has 2 heterocycles. The van der Waals surface area contributed by atoms with Crippen molar-refractivity contribution in [1.82, 2.24) is 20.1 Å². The van der Waals surface area contributed by atoms with Gasteiger partial charge in [-0.3, -0.25) is 9.78 Å². The minimum atomic E-state index is -0.00930. The molecule has 1 saturated heterocycles. The number of rotatable bonds is 7. The van der Waals surface area contributed by atoms with Crippen LogP contribution in [0.15, 0.2) is 47.6 Å². The van der Waals surface area contributed by atoms with Gasteiger partial charge in [0.25, 0.3) is 0 Å². The smallest absolute Gasteiger partial charge is 0.244 e. The van der Waals surface area contributed by atoms with Gasteiger partial charge in [0.05, 0.1) is 13.2 Å². The molecule has 1 N–H and O–H groups in total. The molecule has 0 aliphatic carbocycles. The average molecular weight is 438 g/mol. The van der Waals surface area contributed by atoms with Crippen LogP contribution in [0.2, 0.25) is 0 Å². The number of ether oxygens (including phenoxy) is 1. The second kappa shape index (κ2) is 11.6. The minimum Gasteiger partial charge on any atom is -0.370 e. The lowest BCUT2D eigenvalue weighted by Gasteiger charge is -2.36. The third-order valence-corrected chi connectivity index (χ3v) is 5.69. The number of amides is 1. The number of nitrogens with zero attached hydrogens (tertiary/aromatic N) is 4. The van der Waals surface area contributed by atoms with Crippen molar-refractivity contribution < 1.29 is 9.53 Å². The van der Waals surface area contributed by atoms with E-state index in [4.69, 9.17) is 4.74 Å². The monoisotopic (exact) mass is 437 g/mol. The maximum Gasteiger partial charge on any atom is 0.244 e. The lowest BCUT2D eigenvalue weighted by Crippen LogP contribution is -2.48. The maximum atomic E-state index is 12.6. The van der Waals surface area contributed by atoms with Crippen LogP contribution in [0.1, 0.15) is 35.4 Å². The molecule has 0 radical (unpaired) electrons. The zero-order valence-corrected chi connectivity index (χ0v) is 19.7. The Labute approximate surface area is 191 Å². The Balaban J connectivity index is 1.61. The van der Waals surface area contributed by atoms with Gasteiger partial charge in [0.15, 0.2) is 5.96 Å². The van der Waals surface area contributed by atoms with Gasteiger partial charge in [0.1, 0.15) is 12.6 Å². The van der Waals surface area contributed by atoms with Crippen molar-refractivity contribution in [1.29, 1.82) is 0 Å². The van der Waals surface area contributed by atoms with Gasteiger partial charge in [-0.15, -0.1) is 0 Å². The molecule has 1 atom stereocenters. The lowest BCUT2D eigenvalue weighted by atomic mass is 10.00. The molecule has 1 aromatic carbocycles. The van der Waals surface area contributed by atoms with Crippen LogP contribution in [0.4, 0.5) is 0 Å². The number of carbonyl (C=O) groups excluding carboxylic acids is 1. The van der Waals surface area contributed by atoms with Crippen molar-refractivity contribution >= 4 is 11.9 Å². The van der Waals surface area contributed by atoms with Crippen LogP contribution >= 0.6 is 0 Å². The molecule has 32 heavy (non-hydrogen) atoms. The average Bonchev–Trinajstić information content (AvgIpc) is 2.80. The van der Waals surface area contributed by atoms with Crippen molar-refractivity contribution in [2.24, 2.45) is 4.99 Å². The second-order valence-corrected chi connectivity index (χ2v) is 8.22. The topological polar surface area (TPSA) is 70.1 Å². The summed E-state index contributed by atoms with van der Waals surface area (Å²) in [5.41, 5.74) is 4.68. The summed E-state index contributed by atoms with van der Waals surface area (Å²) in [6.07, 6.45) is 2.50. The van der Waals surface area contributed by atoms with Crippen LogP contribution in [0.3, 0.4) is 0 Å². The first-order chi connectivity index (χ1) is 15.5. The van der Waals surface area contributed by atoms with Gasteiger partial charge in [0, 0.05) is 45.0 Å². The summed E-state index contributed by atoms with van der Waals surface area (Å²) in [5, 5.41) is 3.34. The summed E-state index contributed by atoms with van der Waals surface area (Å²) in [6.45, 7) is 9.83. The van der Waals surface area contributed by atoms with E-state index in [1.165, 1.54) is 16.7 Å². The lowest BCUT2D eigenvalue weighted by molar-refractivity contribution is -0.128. The summed E-state index contributed by atoms with van der Waals surface area (Å²) >= 11 is 0. The van der Waals surface area contributed by atoms with Crippen molar-refractivity contribution in [3.63, 3.8) is 0 Å². The van der Waals surface area contributed by atoms with E-state index in [0.29, 0.717) is 19.7 Å². The SMILES string of the molecule is CCNC(=NCC(=O)N(C)CCc1ccccn1)N1CCOC(c2ccc(C)cc2C)C1. The Morgan fingerprint density at radius 3 is 2.88 bits per heavy atom. The van der Waals surface area contributed by atoms with Crippen molar-refractivity contribution in [3.05, 3.63) is 65.0 Å². The highest BCUT2D eigenvalue weighted by Crippen LogP contribution is 2.25. The molecule has 7 heteroatoms. The largest absolute Gasteiger partial charge is 0.370 e. The van der Waals surface area contributed by atoms with Crippen LogP contribution in [-0.2, 0) is 16.0 Å². The highest BCUT2D eigenvalue weighted by Gasteiger charge is 2.25. The number of carbonyl (C=O) groups is 1. The summed E-state index contributed by atoms with van der Waals surface area (Å²) in [7, 11) is 1.82. The van der Waals surface area contributed by atoms with Gasteiger partial charge in [0.2, 0.25) is 5.91 Å². The van der Waals surface area contributed by atoms with E-state index in [9.17, 15) is 4.79 Å². The summed E-state index contributed by atoms with van der Waals surface area (Å²) in [4.78, 5) is 25.5. The second-order valence-electron chi connectivity index (χ2n) is 8.22. The van der Waals surface area contributed by atoms with E-state index in [0.717, 1.165) is 31.2 Å². The van der Waals surface area contributed by atoms with E-state index in [2.05, 4.69) is 52.2 Å². The maximum absolute atomic E-state index is 12.6. The summed E-state index contributed by atoms with van der Waals surface area (Å²) < 4.78 is 6.08. The third-order valence-electron chi connectivity index (χ3n) is 5.69. The van der Waals surface area contributed by atoms with E-state index in [1.807, 2.05) is 32.2 Å². The van der Waals surface area contributed by atoms with E-state index in [1.54, 1.807) is 11.1 Å². The highest BCUT2D eigenvalue weighted by atomic mass is 16.5. The minimum absolute atomic E-state index is 0.00415. The van der Waals surface area contributed by atoms with E-state index < -0.39 is 0 Å². The zero-order valence-electron chi connectivity index (χ0n) is 19.7. The quantitative estimate of drug-likeness (QED) is 0.533. The molecule has 1 aliphatic rings. The molecule has 1 unspecified atom stereocenters. The van der Waals surface area contributed by atoms with Gasteiger partial charge >= 0.3 is 0 Å². The molecule has 1 aliphatic heterocycles. The summed E-state index contributed by atoms with van der Waals surface area (Å²) in [5.74, 6) is 0.757. The fraction of sp³-hybridized carbons (Fsp3) is 0.480. The molecule has 2 aromatic rings. The van der Waals surface area contributed by atoms with Crippen LogP contribution in [-0.4, -0.2) is 73.0 Å². The Morgan fingerprint density at radius 1 is 1.31 bits per heavy atom. The Kier molecular flexibility index (Phi) is 8.62. The van der Waals surface area contributed by atoms with Gasteiger partial charge in [-0.05, 0) is 44.0 Å². The highest BCUT2D eigenvalue weighted by molar-refractivity contribution is 5.85. The Morgan fingerprint density at radius 2 is 2.16 bits per heavy atom. The first kappa shape index (κ1) is 23.7. The van der Waals surface area contributed by atoms with Crippen molar-refractivity contribution in [3.8, 4) is 0 Å². The number of pyridine rings is 1. The van der Waals surface area contributed by atoms with E-state index >= 15 is 0 Å². The first-order valence-corrected chi connectivity index (χ1v) is 11.3. The number of likely N-dealkylation sites (N-methyl/N-ethyl adjacent to an activating group) is 1. The number of morpholine rings is 1. The predicted molar refractivity (Wildman–Crippen MR) is 128 cm³/mol. The van der Waals surface area contributed by atoms with Gasteiger partial charge in [-0.1, -0.05) is 29.8 Å².